The number of ether oxygens (including phenoxy) is 2. The van der Waals surface area contributed by atoms with Gasteiger partial charge in [0.05, 0.1) is 17.8 Å². The van der Waals surface area contributed by atoms with Crippen molar-refractivity contribution in [2.24, 2.45) is 7.05 Å². The predicted octanol–water partition coefficient (Wildman–Crippen LogP) is 6.97. The predicted molar refractivity (Wildman–Crippen MR) is 154 cm³/mol. The summed E-state index contributed by atoms with van der Waals surface area (Å²) in [6, 6.07) is 5.20. The van der Waals surface area contributed by atoms with Crippen molar-refractivity contribution in [3.63, 3.8) is 0 Å². The fraction of sp³-hybridized carbons (Fsp3) is 0.548. The summed E-state index contributed by atoms with van der Waals surface area (Å²) in [5, 5.41) is 16.3. The number of hydrogen-bond acceptors (Lipinski definition) is 6. The molecule has 2 heterocycles. The van der Waals surface area contributed by atoms with E-state index in [0.29, 0.717) is 11.9 Å². The number of benzene rings is 1. The number of allylic oxidation sites excluding steroid dienone is 1. The maximum atomic E-state index is 13.0. The topological polar surface area (TPSA) is 96.1 Å². The zero-order valence-electron chi connectivity index (χ0n) is 25.0. The van der Waals surface area contributed by atoms with Crippen LogP contribution in [-0.4, -0.2) is 42.3 Å². The maximum Gasteiger partial charge on any atom is 0.416 e. The molecule has 9 nitrogen and oxygen atoms in total. The Bertz CT molecular complexity index is 1450. The van der Waals surface area contributed by atoms with Crippen molar-refractivity contribution in [1.82, 2.24) is 29.9 Å². The molecule has 0 radical (unpaired) electrons. The van der Waals surface area contributed by atoms with Gasteiger partial charge in [-0.15, -0.1) is 10.2 Å². The van der Waals surface area contributed by atoms with Crippen molar-refractivity contribution in [3.8, 4) is 5.75 Å². The van der Waals surface area contributed by atoms with E-state index in [0.717, 1.165) is 68.5 Å². The molecule has 5 rings (SSSR count). The molecule has 1 aromatic carbocycles. The Morgan fingerprint density at radius 3 is 2.53 bits per heavy atom. The number of aromatic nitrogens is 5. The number of carbonyl (C=O) groups is 1. The largest absolute Gasteiger partial charge is 0.486 e. The SMILES string of the molecule is Cn1c(COc2cccc(C(F)(F)F)c2)nnc1[C@H]1CC[C@H](n2cc(C3=CCC(NC(=O)OC(C)(C)C)CC3)cn2)CC1. The van der Waals surface area contributed by atoms with Gasteiger partial charge in [-0.2, -0.15) is 18.3 Å². The number of rotatable bonds is 7. The first kappa shape index (κ1) is 30.6. The maximum absolute atomic E-state index is 13.0. The number of alkyl halides is 3. The summed E-state index contributed by atoms with van der Waals surface area (Å²) >= 11 is 0. The van der Waals surface area contributed by atoms with Crippen LogP contribution < -0.4 is 10.1 Å². The third-order valence-electron chi connectivity index (χ3n) is 8.07. The lowest BCUT2D eigenvalue weighted by molar-refractivity contribution is -0.137. The molecule has 1 fully saturated rings. The van der Waals surface area contributed by atoms with Crippen molar-refractivity contribution >= 4 is 11.7 Å². The first-order valence-electron chi connectivity index (χ1n) is 14.8. The average molecular weight is 601 g/mol. The van der Waals surface area contributed by atoms with Gasteiger partial charge in [-0.1, -0.05) is 12.1 Å². The molecule has 3 aromatic rings. The molecule has 1 unspecified atom stereocenters. The van der Waals surface area contributed by atoms with E-state index in [1.165, 1.54) is 17.7 Å². The Kier molecular flexibility index (Phi) is 8.84. The fourth-order valence-electron chi connectivity index (χ4n) is 5.77. The minimum absolute atomic E-state index is 0.0316. The molecule has 2 aliphatic rings. The Hall–Kier alpha value is -3.83. The highest BCUT2D eigenvalue weighted by Crippen LogP contribution is 2.38. The molecule has 1 atom stereocenters. The Morgan fingerprint density at radius 1 is 1.09 bits per heavy atom. The Balaban J connectivity index is 1.12. The average Bonchev–Trinajstić information content (AvgIpc) is 3.58. The molecule has 43 heavy (non-hydrogen) atoms. The Labute approximate surface area is 249 Å². The van der Waals surface area contributed by atoms with Crippen LogP contribution in [0.5, 0.6) is 5.75 Å². The van der Waals surface area contributed by atoms with E-state index in [9.17, 15) is 18.0 Å². The molecule has 0 spiro atoms. The lowest BCUT2D eigenvalue weighted by Gasteiger charge is -2.28. The molecule has 0 aliphatic heterocycles. The summed E-state index contributed by atoms with van der Waals surface area (Å²) in [6.45, 7) is 5.60. The van der Waals surface area contributed by atoms with Gasteiger partial charge in [-0.3, -0.25) is 4.68 Å². The molecule has 2 aliphatic carbocycles. The van der Waals surface area contributed by atoms with Crippen LogP contribution in [-0.2, 0) is 24.6 Å². The third kappa shape index (κ3) is 7.77. The van der Waals surface area contributed by atoms with E-state index >= 15 is 0 Å². The smallest absolute Gasteiger partial charge is 0.416 e. The highest BCUT2D eigenvalue weighted by molar-refractivity contribution is 5.69. The minimum Gasteiger partial charge on any atom is -0.486 e. The van der Waals surface area contributed by atoms with Crippen LogP contribution in [0.15, 0.2) is 42.7 Å². The highest BCUT2D eigenvalue weighted by atomic mass is 19.4. The summed E-state index contributed by atoms with van der Waals surface area (Å²) < 4.78 is 54.0. The zero-order chi connectivity index (χ0) is 30.8. The number of nitrogens with zero attached hydrogens (tertiary/aromatic N) is 5. The molecular formula is C31H39F3N6O3. The molecule has 0 saturated heterocycles. The van der Waals surface area contributed by atoms with E-state index in [4.69, 9.17) is 9.47 Å². The summed E-state index contributed by atoms with van der Waals surface area (Å²) in [6.07, 6.45) is 7.70. The van der Waals surface area contributed by atoms with E-state index in [2.05, 4.69) is 37.6 Å². The number of carbonyl (C=O) groups excluding carboxylic acids is 1. The third-order valence-corrected chi connectivity index (χ3v) is 8.07. The summed E-state index contributed by atoms with van der Waals surface area (Å²) in [4.78, 5) is 12.1. The van der Waals surface area contributed by atoms with Crippen LogP contribution in [0.2, 0.25) is 0 Å². The summed E-state index contributed by atoms with van der Waals surface area (Å²) in [5.74, 6) is 1.81. The van der Waals surface area contributed by atoms with Gasteiger partial charge in [0.1, 0.15) is 23.8 Å². The molecule has 2 aromatic heterocycles. The van der Waals surface area contributed by atoms with Crippen molar-refractivity contribution in [2.45, 2.75) is 102 Å². The second-order valence-electron chi connectivity index (χ2n) is 12.4. The quantitative estimate of drug-likeness (QED) is 0.315. The lowest BCUT2D eigenvalue weighted by Crippen LogP contribution is -2.39. The second-order valence-corrected chi connectivity index (χ2v) is 12.4. The summed E-state index contributed by atoms with van der Waals surface area (Å²) in [7, 11) is 1.87. The molecule has 232 valence electrons. The van der Waals surface area contributed by atoms with E-state index in [-0.39, 0.29) is 30.4 Å². The monoisotopic (exact) mass is 600 g/mol. The van der Waals surface area contributed by atoms with Crippen molar-refractivity contribution < 1.29 is 27.4 Å². The van der Waals surface area contributed by atoms with Gasteiger partial charge in [0.15, 0.2) is 5.82 Å². The first-order chi connectivity index (χ1) is 20.4. The van der Waals surface area contributed by atoms with Crippen LogP contribution >= 0.6 is 0 Å². The minimum atomic E-state index is -4.42. The van der Waals surface area contributed by atoms with Crippen LogP contribution in [0.4, 0.5) is 18.0 Å². The molecule has 12 heteroatoms. The fourth-order valence-corrected chi connectivity index (χ4v) is 5.77. The van der Waals surface area contributed by atoms with Crippen molar-refractivity contribution in [3.05, 3.63) is 65.5 Å². The van der Waals surface area contributed by atoms with Gasteiger partial charge >= 0.3 is 12.3 Å². The molecule has 1 N–H and O–H groups in total. The second kappa shape index (κ2) is 12.4. The molecule has 0 bridgehead atoms. The van der Waals surface area contributed by atoms with E-state index in [1.807, 2.05) is 38.6 Å². The van der Waals surface area contributed by atoms with Gasteiger partial charge in [0.25, 0.3) is 0 Å². The number of hydrogen-bond donors (Lipinski definition) is 1. The van der Waals surface area contributed by atoms with Crippen molar-refractivity contribution in [2.75, 3.05) is 0 Å². The van der Waals surface area contributed by atoms with Gasteiger partial charge in [-0.05, 0) is 89.5 Å². The first-order valence-corrected chi connectivity index (χ1v) is 14.8. The number of nitrogens with one attached hydrogen (secondary N) is 1. The zero-order valence-corrected chi connectivity index (χ0v) is 25.0. The lowest BCUT2D eigenvalue weighted by atomic mass is 9.85. The molecule has 1 amide bonds. The number of alkyl carbamates (subject to hydrolysis) is 1. The Morgan fingerprint density at radius 2 is 1.86 bits per heavy atom. The number of amides is 1. The van der Waals surface area contributed by atoms with Gasteiger partial charge in [0, 0.05) is 30.8 Å². The normalized spacial score (nSPS) is 21.3. The van der Waals surface area contributed by atoms with E-state index in [1.54, 1.807) is 0 Å². The van der Waals surface area contributed by atoms with Crippen LogP contribution in [0.3, 0.4) is 0 Å². The molecule has 1 saturated carbocycles. The van der Waals surface area contributed by atoms with Gasteiger partial charge in [0.2, 0.25) is 0 Å². The van der Waals surface area contributed by atoms with Crippen molar-refractivity contribution in [1.29, 1.82) is 0 Å². The van der Waals surface area contributed by atoms with Crippen LogP contribution in [0.25, 0.3) is 5.57 Å². The summed E-state index contributed by atoms with van der Waals surface area (Å²) in [5.41, 5.74) is 1.11. The highest BCUT2D eigenvalue weighted by Gasteiger charge is 2.31. The number of halogens is 3. The molecular weight excluding hydrogens is 561 g/mol. The van der Waals surface area contributed by atoms with Crippen LogP contribution in [0, 0.1) is 0 Å². The van der Waals surface area contributed by atoms with E-state index < -0.39 is 17.3 Å². The van der Waals surface area contributed by atoms with Gasteiger partial charge < -0.3 is 19.4 Å². The van der Waals surface area contributed by atoms with Crippen LogP contribution in [0.1, 0.15) is 100 Å². The standard InChI is InChI=1S/C31H39F3N6O3/c1-30(2,3)43-29(41)36-24-12-8-20(9-13-24)22-17-35-40(18-22)25-14-10-21(11-15-25)28-38-37-27(39(28)4)19-42-26-7-5-6-23(16-26)31(32,33)34/h5-8,16-18,21,24-25H,9-15,19H2,1-4H3,(H,36,41)/t21-,24?,25-. The van der Waals surface area contributed by atoms with Gasteiger partial charge in [-0.25, -0.2) is 4.79 Å².